The van der Waals surface area contributed by atoms with Gasteiger partial charge in [0, 0.05) is 6.54 Å². The first-order chi connectivity index (χ1) is 8.26. The Hall–Kier alpha value is -0.640. The largest absolute Gasteiger partial charge is 0.445 e. The molecule has 0 aliphatic carbocycles. The first kappa shape index (κ1) is 15.4. The number of ether oxygens (including phenoxy) is 1. The molecule has 0 saturated carbocycles. The predicted molar refractivity (Wildman–Crippen MR) is 74.4 cm³/mol. The van der Waals surface area contributed by atoms with Crippen molar-refractivity contribution in [3.63, 3.8) is 0 Å². The Bertz CT molecular complexity index is 410. The van der Waals surface area contributed by atoms with Crippen molar-refractivity contribution >= 4 is 40.9 Å². The summed E-state index contributed by atoms with van der Waals surface area (Å²) in [4.78, 5) is 11.3. The van der Waals surface area contributed by atoms with Crippen LogP contribution in [-0.2, 0) is 11.3 Å². The zero-order chi connectivity index (χ0) is 13.8. The van der Waals surface area contributed by atoms with Gasteiger partial charge in [0.25, 0.3) is 0 Å². The van der Waals surface area contributed by atoms with E-state index in [0.29, 0.717) is 6.54 Å². The molecule has 0 spiro atoms. The van der Waals surface area contributed by atoms with Crippen molar-refractivity contribution < 1.29 is 9.53 Å². The standard InChI is InChI=1S/C12H14Cl3NO2/c1-8-3-9(2)5-10(4-8)6-16-11(17)18-7-12(13,14)15/h3-5H,6-7H2,1-2H3,(H,16,17). The molecule has 0 aliphatic rings. The SMILES string of the molecule is Cc1cc(C)cc(CNC(=O)OCC(Cl)(Cl)Cl)c1. The minimum Gasteiger partial charge on any atom is -0.445 e. The second-order valence-corrected chi connectivity index (χ2v) is 6.56. The normalized spacial score (nSPS) is 11.2. The van der Waals surface area contributed by atoms with Crippen molar-refractivity contribution in [2.45, 2.75) is 24.2 Å². The monoisotopic (exact) mass is 309 g/mol. The summed E-state index contributed by atoms with van der Waals surface area (Å²) < 4.78 is 3.16. The minimum absolute atomic E-state index is 0.281. The third-order valence-corrected chi connectivity index (χ3v) is 2.41. The fraction of sp³-hybridized carbons (Fsp3) is 0.417. The molecule has 0 bridgehead atoms. The number of benzene rings is 1. The number of halogens is 3. The summed E-state index contributed by atoms with van der Waals surface area (Å²) in [6, 6.07) is 6.04. The number of carbonyl (C=O) groups is 1. The molecular weight excluding hydrogens is 296 g/mol. The molecule has 0 unspecified atom stereocenters. The summed E-state index contributed by atoms with van der Waals surface area (Å²) in [5, 5.41) is 2.59. The molecule has 0 aliphatic heterocycles. The highest BCUT2D eigenvalue weighted by Crippen LogP contribution is 2.25. The molecule has 0 aromatic heterocycles. The third-order valence-electron chi connectivity index (χ3n) is 2.09. The van der Waals surface area contributed by atoms with E-state index in [1.807, 2.05) is 26.0 Å². The number of carbonyl (C=O) groups excluding carboxylic acids is 1. The van der Waals surface area contributed by atoms with E-state index >= 15 is 0 Å². The number of amides is 1. The molecule has 0 fully saturated rings. The van der Waals surface area contributed by atoms with Gasteiger partial charge in [-0.1, -0.05) is 64.1 Å². The first-order valence-corrected chi connectivity index (χ1v) is 6.44. The summed E-state index contributed by atoms with van der Waals surface area (Å²) in [6.07, 6.45) is -0.611. The Labute approximate surface area is 121 Å². The van der Waals surface area contributed by atoms with E-state index in [4.69, 9.17) is 39.5 Å². The quantitative estimate of drug-likeness (QED) is 0.860. The lowest BCUT2D eigenvalue weighted by Crippen LogP contribution is -2.27. The fourth-order valence-corrected chi connectivity index (χ4v) is 1.71. The molecule has 0 atom stereocenters. The van der Waals surface area contributed by atoms with E-state index in [1.54, 1.807) is 0 Å². The lowest BCUT2D eigenvalue weighted by atomic mass is 10.1. The van der Waals surface area contributed by atoms with Gasteiger partial charge < -0.3 is 10.1 Å². The number of alkyl halides is 3. The van der Waals surface area contributed by atoms with Crippen molar-refractivity contribution in [2.24, 2.45) is 0 Å². The number of hydrogen-bond acceptors (Lipinski definition) is 2. The summed E-state index contributed by atoms with van der Waals surface area (Å²) in [6.45, 7) is 4.09. The summed E-state index contributed by atoms with van der Waals surface area (Å²) in [5.41, 5.74) is 3.28. The average molecular weight is 311 g/mol. The second kappa shape index (κ2) is 6.50. The molecule has 1 aromatic rings. The van der Waals surface area contributed by atoms with Crippen LogP contribution in [0.4, 0.5) is 4.79 Å². The molecule has 0 saturated heterocycles. The molecule has 3 nitrogen and oxygen atoms in total. The molecule has 6 heteroatoms. The topological polar surface area (TPSA) is 38.3 Å². The third kappa shape index (κ3) is 6.34. The molecular formula is C12H14Cl3NO2. The molecule has 1 rings (SSSR count). The highest BCUT2D eigenvalue weighted by Gasteiger charge is 2.21. The van der Waals surface area contributed by atoms with E-state index in [1.165, 1.54) is 0 Å². The van der Waals surface area contributed by atoms with Gasteiger partial charge in [0.1, 0.15) is 6.61 Å². The highest BCUT2D eigenvalue weighted by atomic mass is 35.6. The Balaban J connectivity index is 2.43. The van der Waals surface area contributed by atoms with Crippen LogP contribution < -0.4 is 5.32 Å². The van der Waals surface area contributed by atoms with Gasteiger partial charge in [0.15, 0.2) is 0 Å². The fourth-order valence-electron chi connectivity index (χ4n) is 1.54. The lowest BCUT2D eigenvalue weighted by Gasteiger charge is -2.12. The maximum atomic E-state index is 11.3. The van der Waals surface area contributed by atoms with E-state index in [2.05, 4.69) is 11.4 Å². The number of nitrogens with one attached hydrogen (secondary N) is 1. The summed E-state index contributed by atoms with van der Waals surface area (Å²) in [5.74, 6) is 0. The van der Waals surface area contributed by atoms with Gasteiger partial charge in [-0.25, -0.2) is 4.79 Å². The molecule has 1 amide bonds. The summed E-state index contributed by atoms with van der Waals surface area (Å²) >= 11 is 16.4. The van der Waals surface area contributed by atoms with Crippen LogP contribution >= 0.6 is 34.8 Å². The lowest BCUT2D eigenvalue weighted by molar-refractivity contribution is 0.148. The van der Waals surface area contributed by atoms with Crippen LogP contribution in [0.2, 0.25) is 0 Å². The Morgan fingerprint density at radius 3 is 2.28 bits per heavy atom. The van der Waals surface area contributed by atoms with E-state index < -0.39 is 9.89 Å². The highest BCUT2D eigenvalue weighted by molar-refractivity contribution is 6.67. The van der Waals surface area contributed by atoms with Crippen LogP contribution in [0.5, 0.6) is 0 Å². The van der Waals surface area contributed by atoms with Crippen LogP contribution in [0.15, 0.2) is 18.2 Å². The number of aryl methyl sites for hydroxylation is 2. The van der Waals surface area contributed by atoms with Crippen molar-refractivity contribution in [3.8, 4) is 0 Å². The molecule has 18 heavy (non-hydrogen) atoms. The van der Waals surface area contributed by atoms with Gasteiger partial charge in [-0.2, -0.15) is 0 Å². The van der Waals surface area contributed by atoms with Gasteiger partial charge in [-0.3, -0.25) is 0 Å². The zero-order valence-electron chi connectivity index (χ0n) is 10.1. The van der Waals surface area contributed by atoms with Crippen LogP contribution in [0, 0.1) is 13.8 Å². The average Bonchev–Trinajstić information content (AvgIpc) is 2.21. The maximum Gasteiger partial charge on any atom is 0.407 e. The molecule has 1 aromatic carbocycles. The molecule has 0 radical (unpaired) electrons. The minimum atomic E-state index is -1.59. The van der Waals surface area contributed by atoms with E-state index in [-0.39, 0.29) is 6.61 Å². The molecule has 100 valence electrons. The van der Waals surface area contributed by atoms with Gasteiger partial charge in [0.2, 0.25) is 3.79 Å². The van der Waals surface area contributed by atoms with E-state index in [9.17, 15) is 4.79 Å². The Kier molecular flexibility index (Phi) is 5.57. The maximum absolute atomic E-state index is 11.3. The summed E-state index contributed by atoms with van der Waals surface area (Å²) in [7, 11) is 0. The van der Waals surface area contributed by atoms with Crippen molar-refractivity contribution in [2.75, 3.05) is 6.61 Å². The van der Waals surface area contributed by atoms with Crippen LogP contribution in [-0.4, -0.2) is 16.5 Å². The number of rotatable bonds is 3. The number of hydrogen-bond donors (Lipinski definition) is 1. The van der Waals surface area contributed by atoms with Gasteiger partial charge in [0.05, 0.1) is 0 Å². The molecule has 1 N–H and O–H groups in total. The van der Waals surface area contributed by atoms with Crippen LogP contribution in [0.25, 0.3) is 0 Å². The second-order valence-electron chi connectivity index (χ2n) is 4.04. The van der Waals surface area contributed by atoms with Crippen LogP contribution in [0.1, 0.15) is 16.7 Å². The first-order valence-electron chi connectivity index (χ1n) is 5.31. The molecule has 0 heterocycles. The smallest absolute Gasteiger partial charge is 0.407 e. The predicted octanol–water partition coefficient (Wildman–Crippen LogP) is 3.90. The Morgan fingerprint density at radius 1 is 1.22 bits per heavy atom. The van der Waals surface area contributed by atoms with Crippen molar-refractivity contribution in [1.82, 2.24) is 5.32 Å². The van der Waals surface area contributed by atoms with Gasteiger partial charge in [-0.15, -0.1) is 0 Å². The van der Waals surface area contributed by atoms with Gasteiger partial charge in [-0.05, 0) is 19.4 Å². The Morgan fingerprint density at radius 2 is 1.78 bits per heavy atom. The zero-order valence-corrected chi connectivity index (χ0v) is 12.4. The van der Waals surface area contributed by atoms with E-state index in [0.717, 1.165) is 16.7 Å². The number of alkyl carbamates (subject to hydrolysis) is 1. The van der Waals surface area contributed by atoms with Crippen LogP contribution in [0.3, 0.4) is 0 Å². The van der Waals surface area contributed by atoms with Crippen molar-refractivity contribution in [1.29, 1.82) is 0 Å². The van der Waals surface area contributed by atoms with Gasteiger partial charge >= 0.3 is 6.09 Å². The van der Waals surface area contributed by atoms with Crippen molar-refractivity contribution in [3.05, 3.63) is 34.9 Å².